The van der Waals surface area contributed by atoms with Gasteiger partial charge in [0.2, 0.25) is 0 Å². The maximum absolute atomic E-state index is 12.3. The highest BCUT2D eigenvalue weighted by Gasteiger charge is 2.51. The molecule has 4 fully saturated rings. The van der Waals surface area contributed by atoms with Gasteiger partial charge in [0.05, 0.1) is 19.6 Å². The van der Waals surface area contributed by atoms with E-state index in [9.17, 15) is 9.59 Å². The van der Waals surface area contributed by atoms with Crippen molar-refractivity contribution in [3.63, 3.8) is 0 Å². The minimum absolute atomic E-state index is 0.0765. The average Bonchev–Trinajstić information content (AvgIpc) is 2.50. The summed E-state index contributed by atoms with van der Waals surface area (Å²) >= 11 is 0. The number of amides is 1. The summed E-state index contributed by atoms with van der Waals surface area (Å²) in [6.07, 6.45) is 7.96. The molecule has 0 unspecified atom stereocenters. The van der Waals surface area contributed by atoms with Crippen LogP contribution in [0, 0.1) is 23.2 Å². The smallest absolute Gasteiger partial charge is 0.407 e. The molecule has 4 bridgehead atoms. The Morgan fingerprint density at radius 1 is 0.963 bits per heavy atom. The molecule has 4 rings (SSSR count). The molecule has 0 aromatic rings. The second-order valence-corrected chi connectivity index (χ2v) is 9.86. The van der Waals surface area contributed by atoms with Gasteiger partial charge in [-0.25, -0.2) is 4.79 Å². The number of alkyl carbamates (subject to hydrolysis) is 1. The van der Waals surface area contributed by atoms with Crippen LogP contribution in [0.2, 0.25) is 0 Å². The van der Waals surface area contributed by atoms with Crippen molar-refractivity contribution in [1.29, 1.82) is 0 Å². The topological polar surface area (TPSA) is 73.9 Å². The van der Waals surface area contributed by atoms with E-state index in [0.717, 1.165) is 17.8 Å². The number of nitrogens with one attached hydrogen (secondary N) is 1. The van der Waals surface area contributed by atoms with E-state index in [4.69, 9.17) is 14.2 Å². The third-order valence-corrected chi connectivity index (χ3v) is 6.09. The molecule has 0 atom stereocenters. The molecule has 6 heteroatoms. The van der Waals surface area contributed by atoms with Crippen molar-refractivity contribution in [2.75, 3.05) is 26.4 Å². The number of carbonyl (C=O) groups excluding carboxylic acids is 2. The number of rotatable bonds is 8. The molecule has 1 amide bonds. The van der Waals surface area contributed by atoms with E-state index < -0.39 is 11.7 Å². The molecular formula is C21H35NO5. The summed E-state index contributed by atoms with van der Waals surface area (Å²) in [5, 5.41) is 2.63. The van der Waals surface area contributed by atoms with Crippen LogP contribution in [0.1, 0.15) is 65.7 Å². The molecule has 0 spiro atoms. The zero-order chi connectivity index (χ0) is 19.5. The first kappa shape index (κ1) is 20.4. The molecular weight excluding hydrogens is 346 g/mol. The molecule has 0 aliphatic heterocycles. The molecule has 4 saturated carbocycles. The van der Waals surface area contributed by atoms with Gasteiger partial charge in [-0.1, -0.05) is 0 Å². The second kappa shape index (κ2) is 8.38. The molecule has 4 aliphatic rings. The van der Waals surface area contributed by atoms with Crippen molar-refractivity contribution in [3.8, 4) is 0 Å². The predicted molar refractivity (Wildman–Crippen MR) is 101 cm³/mol. The van der Waals surface area contributed by atoms with Gasteiger partial charge in [0, 0.05) is 6.54 Å². The SMILES string of the molecule is CC(C)(C)OC(=O)NCCOCCOC(=O)CC12CC3CC(CC(C3)C1)C2. The van der Waals surface area contributed by atoms with Crippen molar-refractivity contribution in [2.24, 2.45) is 23.2 Å². The lowest BCUT2D eigenvalue weighted by molar-refractivity contribution is -0.153. The molecule has 6 nitrogen and oxygen atoms in total. The summed E-state index contributed by atoms with van der Waals surface area (Å²) in [5.74, 6) is 2.48. The van der Waals surface area contributed by atoms with Crippen LogP contribution in [0.3, 0.4) is 0 Å². The standard InChI is InChI=1S/C21H35NO5/c1-20(2,3)27-19(24)22-4-5-25-6-7-26-18(23)14-21-11-15-8-16(12-21)10-17(9-15)13-21/h15-17H,4-14H2,1-3H3,(H,22,24). The largest absolute Gasteiger partial charge is 0.463 e. The molecule has 0 saturated heterocycles. The fourth-order valence-electron chi connectivity index (χ4n) is 5.72. The summed E-state index contributed by atoms with van der Waals surface area (Å²) in [6, 6.07) is 0. The van der Waals surface area contributed by atoms with E-state index >= 15 is 0 Å². The molecule has 0 heterocycles. The maximum atomic E-state index is 12.3. The van der Waals surface area contributed by atoms with E-state index in [2.05, 4.69) is 5.32 Å². The number of ether oxygens (including phenoxy) is 3. The van der Waals surface area contributed by atoms with Gasteiger partial charge in [-0.3, -0.25) is 4.79 Å². The van der Waals surface area contributed by atoms with E-state index in [1.807, 2.05) is 20.8 Å². The Morgan fingerprint density at radius 2 is 1.56 bits per heavy atom. The Labute approximate surface area is 162 Å². The third kappa shape index (κ3) is 6.09. The highest BCUT2D eigenvalue weighted by Crippen LogP contribution is 2.61. The van der Waals surface area contributed by atoms with Crippen LogP contribution in [0.4, 0.5) is 4.79 Å². The van der Waals surface area contributed by atoms with Crippen LogP contribution >= 0.6 is 0 Å². The molecule has 0 aromatic heterocycles. The summed E-state index contributed by atoms with van der Waals surface area (Å²) in [4.78, 5) is 23.8. The Balaban J connectivity index is 1.24. The van der Waals surface area contributed by atoms with Gasteiger partial charge in [0.15, 0.2) is 0 Å². The van der Waals surface area contributed by atoms with Crippen LogP contribution in [0.5, 0.6) is 0 Å². The van der Waals surface area contributed by atoms with Crippen LogP contribution < -0.4 is 5.32 Å². The van der Waals surface area contributed by atoms with Crippen LogP contribution in [0.25, 0.3) is 0 Å². The van der Waals surface area contributed by atoms with E-state index in [1.165, 1.54) is 38.5 Å². The van der Waals surface area contributed by atoms with Gasteiger partial charge in [-0.15, -0.1) is 0 Å². The molecule has 1 N–H and O–H groups in total. The van der Waals surface area contributed by atoms with Crippen molar-refractivity contribution < 1.29 is 23.8 Å². The molecule has 0 radical (unpaired) electrons. The molecule has 27 heavy (non-hydrogen) atoms. The molecule has 4 aliphatic carbocycles. The van der Waals surface area contributed by atoms with Crippen molar-refractivity contribution in [1.82, 2.24) is 5.32 Å². The molecule has 0 aromatic carbocycles. The fraction of sp³-hybridized carbons (Fsp3) is 0.905. The van der Waals surface area contributed by atoms with Gasteiger partial charge < -0.3 is 19.5 Å². The van der Waals surface area contributed by atoms with Gasteiger partial charge in [-0.05, 0) is 82.5 Å². The predicted octanol–water partition coefficient (Wildman–Crippen LogP) is 3.68. The zero-order valence-corrected chi connectivity index (χ0v) is 17.1. The fourth-order valence-corrected chi connectivity index (χ4v) is 5.72. The third-order valence-electron chi connectivity index (χ3n) is 6.09. The quantitative estimate of drug-likeness (QED) is 0.513. The van der Waals surface area contributed by atoms with Crippen LogP contribution in [0.15, 0.2) is 0 Å². The number of hydrogen-bond donors (Lipinski definition) is 1. The van der Waals surface area contributed by atoms with Gasteiger partial charge in [0.25, 0.3) is 0 Å². The highest BCUT2D eigenvalue weighted by molar-refractivity contribution is 5.70. The van der Waals surface area contributed by atoms with Crippen LogP contribution in [-0.4, -0.2) is 44.0 Å². The van der Waals surface area contributed by atoms with Gasteiger partial charge >= 0.3 is 12.1 Å². The lowest BCUT2D eigenvalue weighted by Crippen LogP contribution is -2.47. The second-order valence-electron chi connectivity index (χ2n) is 9.86. The average molecular weight is 382 g/mol. The normalized spacial score (nSPS) is 31.6. The van der Waals surface area contributed by atoms with E-state index in [-0.39, 0.29) is 18.0 Å². The lowest BCUT2D eigenvalue weighted by atomic mass is 9.49. The Hall–Kier alpha value is -1.30. The maximum Gasteiger partial charge on any atom is 0.407 e. The minimum atomic E-state index is -0.504. The number of carbonyl (C=O) groups is 2. The van der Waals surface area contributed by atoms with Crippen LogP contribution in [-0.2, 0) is 19.0 Å². The monoisotopic (exact) mass is 381 g/mol. The number of esters is 1. The molecule has 154 valence electrons. The first-order valence-electron chi connectivity index (χ1n) is 10.4. The first-order chi connectivity index (χ1) is 12.7. The van der Waals surface area contributed by atoms with Crippen molar-refractivity contribution in [2.45, 2.75) is 71.3 Å². The van der Waals surface area contributed by atoms with Gasteiger partial charge in [0.1, 0.15) is 12.2 Å². The van der Waals surface area contributed by atoms with Crippen molar-refractivity contribution in [3.05, 3.63) is 0 Å². The Morgan fingerprint density at radius 3 is 2.11 bits per heavy atom. The summed E-state index contributed by atoms with van der Waals surface area (Å²) in [6.45, 7) is 6.82. The highest BCUT2D eigenvalue weighted by atomic mass is 16.6. The van der Waals surface area contributed by atoms with Crippen molar-refractivity contribution >= 4 is 12.1 Å². The minimum Gasteiger partial charge on any atom is -0.463 e. The van der Waals surface area contributed by atoms with Gasteiger partial charge in [-0.2, -0.15) is 0 Å². The lowest BCUT2D eigenvalue weighted by Gasteiger charge is -2.56. The van der Waals surface area contributed by atoms with E-state index in [1.54, 1.807) is 0 Å². The summed E-state index contributed by atoms with van der Waals surface area (Å²) < 4.78 is 15.9. The first-order valence-corrected chi connectivity index (χ1v) is 10.4. The Kier molecular flexibility index (Phi) is 6.34. The Bertz CT molecular complexity index is 504. The summed E-state index contributed by atoms with van der Waals surface area (Å²) in [5.41, 5.74) is -0.278. The van der Waals surface area contributed by atoms with E-state index in [0.29, 0.717) is 26.2 Å². The summed E-state index contributed by atoms with van der Waals surface area (Å²) in [7, 11) is 0. The zero-order valence-electron chi connectivity index (χ0n) is 17.1. The number of hydrogen-bond acceptors (Lipinski definition) is 5.